The molecule has 0 radical (unpaired) electrons. The largest absolute Gasteiger partial charge is 0.315 e. The summed E-state index contributed by atoms with van der Waals surface area (Å²) in [4.78, 5) is 1.24. The van der Waals surface area contributed by atoms with Gasteiger partial charge in [-0.3, -0.25) is 0 Å². The van der Waals surface area contributed by atoms with E-state index in [1.807, 2.05) is 50.0 Å². The van der Waals surface area contributed by atoms with Crippen LogP contribution in [0.5, 0.6) is 0 Å². The van der Waals surface area contributed by atoms with E-state index in [1.54, 1.807) is 0 Å². The molecule has 0 heterocycles. The summed E-state index contributed by atoms with van der Waals surface area (Å²) in [6.07, 6.45) is 0.896. The van der Waals surface area contributed by atoms with Crippen molar-refractivity contribution in [1.29, 1.82) is 0 Å². The van der Waals surface area contributed by atoms with E-state index in [4.69, 9.17) is 11.6 Å². The van der Waals surface area contributed by atoms with Gasteiger partial charge in [-0.25, -0.2) is 0 Å². The first-order valence-electron chi connectivity index (χ1n) is 5.21. The highest BCUT2D eigenvalue weighted by Gasteiger charge is 2.04. The van der Waals surface area contributed by atoms with Gasteiger partial charge in [0.05, 0.1) is 0 Å². The second-order valence-electron chi connectivity index (χ2n) is 3.38. The molecule has 0 amide bonds. The Morgan fingerprint density at radius 1 is 1.38 bits per heavy atom. The van der Waals surface area contributed by atoms with Gasteiger partial charge >= 0.3 is 0 Å². The minimum atomic E-state index is 0.438. The van der Waals surface area contributed by atoms with E-state index in [2.05, 4.69) is 17.2 Å². The molecule has 0 saturated carbocycles. The fraction of sp³-hybridized carbons (Fsp3) is 0.385. The molecule has 0 bridgehead atoms. The highest BCUT2D eigenvalue weighted by atomic mass is 35.5. The first kappa shape index (κ1) is 13.4. The van der Waals surface area contributed by atoms with Gasteiger partial charge in [0.25, 0.3) is 0 Å². The third-order valence-electron chi connectivity index (χ3n) is 2.20. The average Bonchev–Trinajstić information content (AvgIpc) is 2.32. The van der Waals surface area contributed by atoms with Gasteiger partial charge < -0.3 is 5.32 Å². The zero-order chi connectivity index (χ0) is 11.8. The molecule has 0 aromatic heterocycles. The van der Waals surface area contributed by atoms with Crippen molar-refractivity contribution in [3.63, 3.8) is 0 Å². The minimum Gasteiger partial charge on any atom is -0.315 e. The Morgan fingerprint density at radius 2 is 2.06 bits per heavy atom. The van der Waals surface area contributed by atoms with Crippen LogP contribution >= 0.6 is 23.4 Å². The summed E-state index contributed by atoms with van der Waals surface area (Å²) >= 11 is 7.65. The Hall–Kier alpha value is -0.620. The molecule has 16 heavy (non-hydrogen) atoms. The topological polar surface area (TPSA) is 12.0 Å². The molecule has 1 aromatic rings. The molecule has 0 aliphatic heterocycles. The van der Waals surface area contributed by atoms with Crippen LogP contribution in [0.15, 0.2) is 29.2 Å². The van der Waals surface area contributed by atoms with Gasteiger partial charge in [0.2, 0.25) is 0 Å². The fourth-order valence-corrected chi connectivity index (χ4v) is 2.33. The molecular weight excluding hydrogens is 238 g/mol. The summed E-state index contributed by atoms with van der Waals surface area (Å²) in [7, 11) is 1.98. The van der Waals surface area contributed by atoms with E-state index in [1.165, 1.54) is 4.90 Å². The Labute approximate surface area is 107 Å². The number of hydrogen-bond donors (Lipinski definition) is 1. The maximum absolute atomic E-state index is 5.83. The van der Waals surface area contributed by atoms with Crippen molar-refractivity contribution in [2.24, 2.45) is 0 Å². The van der Waals surface area contributed by atoms with Crippen LogP contribution < -0.4 is 5.32 Å². The number of thioether (sulfide) groups is 1. The summed E-state index contributed by atoms with van der Waals surface area (Å²) < 4.78 is 0. The van der Waals surface area contributed by atoms with Crippen molar-refractivity contribution in [1.82, 2.24) is 5.32 Å². The van der Waals surface area contributed by atoms with Crippen molar-refractivity contribution in [2.75, 3.05) is 12.8 Å². The van der Waals surface area contributed by atoms with E-state index in [0.717, 1.165) is 17.2 Å². The number of hydrogen-bond acceptors (Lipinski definition) is 2. The first-order valence-corrected chi connectivity index (χ1v) is 6.58. The molecule has 0 spiro atoms. The van der Waals surface area contributed by atoms with Crippen molar-refractivity contribution in [2.45, 2.75) is 24.3 Å². The average molecular weight is 254 g/mol. The van der Waals surface area contributed by atoms with Crippen LogP contribution in [0.25, 0.3) is 0 Å². The number of halogens is 1. The second kappa shape index (κ2) is 7.62. The SMILES string of the molecule is CC#CCC(CSc1ccc(Cl)cc1)NC. The van der Waals surface area contributed by atoms with Crippen molar-refractivity contribution in [3.05, 3.63) is 29.3 Å². The van der Waals surface area contributed by atoms with Gasteiger partial charge in [0.1, 0.15) is 0 Å². The Balaban J connectivity index is 2.41. The standard InChI is InChI=1S/C13H16ClNS/c1-3-4-5-12(15-2)10-16-13-8-6-11(14)7-9-13/h6-9,12,15H,5,10H2,1-2H3. The molecule has 1 N–H and O–H groups in total. The van der Waals surface area contributed by atoms with Crippen molar-refractivity contribution >= 4 is 23.4 Å². The summed E-state index contributed by atoms with van der Waals surface area (Å²) in [6.45, 7) is 1.87. The highest BCUT2D eigenvalue weighted by molar-refractivity contribution is 7.99. The lowest BCUT2D eigenvalue weighted by atomic mass is 10.2. The van der Waals surface area contributed by atoms with Crippen LogP contribution in [0.4, 0.5) is 0 Å². The molecule has 86 valence electrons. The van der Waals surface area contributed by atoms with Crippen LogP contribution in [-0.4, -0.2) is 18.8 Å². The van der Waals surface area contributed by atoms with E-state index in [9.17, 15) is 0 Å². The summed E-state index contributed by atoms with van der Waals surface area (Å²) in [6, 6.07) is 8.37. The molecule has 1 aromatic carbocycles. The molecule has 1 atom stereocenters. The molecular formula is C13H16ClNS. The highest BCUT2D eigenvalue weighted by Crippen LogP contribution is 2.21. The van der Waals surface area contributed by atoms with Crippen LogP contribution in [0.2, 0.25) is 5.02 Å². The quantitative estimate of drug-likeness (QED) is 0.637. The lowest BCUT2D eigenvalue weighted by Crippen LogP contribution is -2.27. The molecule has 0 saturated heterocycles. The van der Waals surface area contributed by atoms with Gasteiger partial charge in [-0.1, -0.05) is 11.6 Å². The van der Waals surface area contributed by atoms with Gasteiger partial charge in [-0.15, -0.1) is 23.6 Å². The summed E-state index contributed by atoms with van der Waals surface area (Å²) in [5, 5.41) is 4.05. The van der Waals surface area contributed by atoms with Crippen molar-refractivity contribution < 1.29 is 0 Å². The second-order valence-corrected chi connectivity index (χ2v) is 4.91. The van der Waals surface area contributed by atoms with E-state index < -0.39 is 0 Å². The Kier molecular flexibility index (Phi) is 6.40. The number of benzene rings is 1. The van der Waals surface area contributed by atoms with Crippen LogP contribution in [0.1, 0.15) is 13.3 Å². The minimum absolute atomic E-state index is 0.438. The Bertz CT molecular complexity index is 364. The lowest BCUT2D eigenvalue weighted by molar-refractivity contribution is 0.637. The molecule has 0 fully saturated rings. The Morgan fingerprint density at radius 3 is 2.62 bits per heavy atom. The zero-order valence-electron chi connectivity index (χ0n) is 9.59. The van der Waals surface area contributed by atoms with E-state index >= 15 is 0 Å². The molecule has 0 aliphatic rings. The van der Waals surface area contributed by atoms with Gasteiger partial charge in [0.15, 0.2) is 0 Å². The molecule has 3 heteroatoms. The molecule has 0 aliphatic carbocycles. The van der Waals surface area contributed by atoms with Gasteiger partial charge in [-0.05, 0) is 38.2 Å². The van der Waals surface area contributed by atoms with E-state index in [0.29, 0.717) is 6.04 Å². The first-order chi connectivity index (χ1) is 7.76. The third-order valence-corrected chi connectivity index (χ3v) is 3.62. The predicted molar refractivity (Wildman–Crippen MR) is 73.1 cm³/mol. The van der Waals surface area contributed by atoms with Gasteiger partial charge in [-0.2, -0.15) is 0 Å². The molecule has 1 nitrogen and oxygen atoms in total. The third kappa shape index (κ3) is 4.94. The number of nitrogens with one attached hydrogen (secondary N) is 1. The fourth-order valence-electron chi connectivity index (χ4n) is 1.20. The normalized spacial score (nSPS) is 11.7. The van der Waals surface area contributed by atoms with E-state index in [-0.39, 0.29) is 0 Å². The van der Waals surface area contributed by atoms with Crippen molar-refractivity contribution in [3.8, 4) is 11.8 Å². The lowest BCUT2D eigenvalue weighted by Gasteiger charge is -2.12. The van der Waals surface area contributed by atoms with Crippen LogP contribution in [0.3, 0.4) is 0 Å². The zero-order valence-corrected chi connectivity index (χ0v) is 11.2. The van der Waals surface area contributed by atoms with Crippen LogP contribution in [-0.2, 0) is 0 Å². The monoisotopic (exact) mass is 253 g/mol. The predicted octanol–water partition coefficient (Wildman–Crippen LogP) is 3.43. The summed E-state index contributed by atoms with van der Waals surface area (Å²) in [5.41, 5.74) is 0. The van der Waals surface area contributed by atoms with Gasteiger partial charge in [0, 0.05) is 28.1 Å². The van der Waals surface area contributed by atoms with Crippen LogP contribution in [0, 0.1) is 11.8 Å². The molecule has 1 unspecified atom stereocenters. The molecule has 1 rings (SSSR count). The maximum Gasteiger partial charge on any atom is 0.0406 e. The summed E-state index contributed by atoms with van der Waals surface area (Å²) in [5.74, 6) is 7.04. The maximum atomic E-state index is 5.83. The smallest absolute Gasteiger partial charge is 0.0406 e. The number of rotatable bonds is 5.